The predicted octanol–water partition coefficient (Wildman–Crippen LogP) is 2.82. The van der Waals surface area contributed by atoms with Crippen LogP contribution in [0.15, 0.2) is 44.6 Å². The third-order valence-corrected chi connectivity index (χ3v) is 7.34. The molecule has 0 saturated carbocycles. The Morgan fingerprint density at radius 3 is 2.70 bits per heavy atom. The summed E-state index contributed by atoms with van der Waals surface area (Å²) in [5.74, 6) is -0.430. The van der Waals surface area contributed by atoms with E-state index in [-0.39, 0.29) is 12.2 Å². The number of thiophene rings is 1. The summed E-state index contributed by atoms with van der Waals surface area (Å²) in [4.78, 5) is 32.3. The van der Waals surface area contributed by atoms with Gasteiger partial charge >= 0.3 is 5.97 Å². The van der Waals surface area contributed by atoms with Gasteiger partial charge in [-0.1, -0.05) is 17.4 Å². The lowest BCUT2D eigenvalue weighted by Crippen LogP contribution is -2.39. The first kappa shape index (κ1) is 20.6. The van der Waals surface area contributed by atoms with Gasteiger partial charge in [-0.2, -0.15) is 0 Å². The fourth-order valence-electron chi connectivity index (χ4n) is 3.68. The molecule has 0 aromatic carbocycles. The number of aryl methyl sites for hydroxylation is 1. The molecule has 0 N–H and O–H groups in total. The summed E-state index contributed by atoms with van der Waals surface area (Å²) in [5.41, 5.74) is 4.10. The molecule has 30 heavy (non-hydrogen) atoms. The maximum atomic E-state index is 13.5. The SMILES string of the molecule is CCOC(=O)C1=C(C)N=c2s/c(=C\c3cc(C)n(C)c3C)c(=O)n2[C@@H]1c1cccs1. The number of carbonyl (C=O) groups excluding carboxylic acids is 1. The van der Waals surface area contributed by atoms with Crippen molar-refractivity contribution in [2.24, 2.45) is 12.0 Å². The number of hydrogen-bond donors (Lipinski definition) is 0. The molecule has 0 fully saturated rings. The van der Waals surface area contributed by atoms with E-state index >= 15 is 0 Å². The van der Waals surface area contributed by atoms with Crippen LogP contribution in [-0.2, 0) is 16.6 Å². The number of rotatable bonds is 4. The largest absolute Gasteiger partial charge is 0.463 e. The number of aromatic nitrogens is 2. The summed E-state index contributed by atoms with van der Waals surface area (Å²) in [6.07, 6.45) is 1.92. The van der Waals surface area contributed by atoms with Crippen LogP contribution in [-0.4, -0.2) is 21.7 Å². The molecular formula is C22H23N3O3S2. The highest BCUT2D eigenvalue weighted by atomic mass is 32.1. The third kappa shape index (κ3) is 3.30. The van der Waals surface area contributed by atoms with Gasteiger partial charge in [0.2, 0.25) is 0 Å². The van der Waals surface area contributed by atoms with Crippen LogP contribution >= 0.6 is 22.7 Å². The number of ether oxygens (including phenoxy) is 1. The molecule has 4 heterocycles. The van der Waals surface area contributed by atoms with Gasteiger partial charge < -0.3 is 9.30 Å². The molecule has 3 aromatic heterocycles. The van der Waals surface area contributed by atoms with Crippen LogP contribution in [0.4, 0.5) is 0 Å². The van der Waals surface area contributed by atoms with Gasteiger partial charge in [0.05, 0.1) is 22.4 Å². The van der Waals surface area contributed by atoms with Crippen LogP contribution in [0.1, 0.15) is 41.7 Å². The monoisotopic (exact) mass is 441 g/mol. The molecule has 0 saturated heterocycles. The molecule has 0 radical (unpaired) electrons. The first-order chi connectivity index (χ1) is 14.3. The van der Waals surface area contributed by atoms with E-state index in [2.05, 4.69) is 15.6 Å². The highest BCUT2D eigenvalue weighted by molar-refractivity contribution is 7.10. The molecule has 0 bridgehead atoms. The zero-order valence-electron chi connectivity index (χ0n) is 17.6. The summed E-state index contributed by atoms with van der Waals surface area (Å²) >= 11 is 2.86. The molecule has 3 aromatic rings. The van der Waals surface area contributed by atoms with E-state index in [1.807, 2.05) is 44.5 Å². The van der Waals surface area contributed by atoms with Crippen molar-refractivity contribution in [3.63, 3.8) is 0 Å². The van der Waals surface area contributed by atoms with Gasteiger partial charge in [0.25, 0.3) is 5.56 Å². The Morgan fingerprint density at radius 2 is 2.10 bits per heavy atom. The maximum Gasteiger partial charge on any atom is 0.338 e. The zero-order valence-corrected chi connectivity index (χ0v) is 19.2. The van der Waals surface area contributed by atoms with Crippen molar-refractivity contribution in [2.75, 3.05) is 6.61 Å². The zero-order chi connectivity index (χ0) is 21.6. The number of fused-ring (bicyclic) bond motifs is 1. The standard InChI is InChI=1S/C22H23N3O3S2/c1-6-28-21(27)18-13(3)23-22-25(19(18)16-8-7-9-29-16)20(26)17(30-22)11-15-10-12(2)24(5)14(15)4/h7-11,19H,6H2,1-5H3/b17-11-/t19-/m1/s1. The molecule has 0 spiro atoms. The van der Waals surface area contributed by atoms with Crippen molar-refractivity contribution < 1.29 is 9.53 Å². The lowest BCUT2D eigenvalue weighted by Gasteiger charge is -2.23. The summed E-state index contributed by atoms with van der Waals surface area (Å²) in [6, 6.07) is 5.40. The quantitative estimate of drug-likeness (QED) is 0.585. The minimum Gasteiger partial charge on any atom is -0.463 e. The minimum atomic E-state index is -0.527. The fourth-order valence-corrected chi connectivity index (χ4v) is 5.54. The normalized spacial score (nSPS) is 16.6. The number of hydrogen-bond acceptors (Lipinski definition) is 6. The summed E-state index contributed by atoms with van der Waals surface area (Å²) < 4.78 is 9.62. The van der Waals surface area contributed by atoms with Gasteiger partial charge in [0, 0.05) is 23.3 Å². The van der Waals surface area contributed by atoms with E-state index in [1.54, 1.807) is 18.4 Å². The molecule has 0 unspecified atom stereocenters. The number of allylic oxidation sites excluding steroid dienone is 1. The topological polar surface area (TPSA) is 65.6 Å². The Hall–Kier alpha value is -2.71. The van der Waals surface area contributed by atoms with Crippen LogP contribution < -0.4 is 14.9 Å². The van der Waals surface area contributed by atoms with Gasteiger partial charge in [-0.15, -0.1) is 11.3 Å². The number of esters is 1. The van der Waals surface area contributed by atoms with E-state index < -0.39 is 12.0 Å². The average Bonchev–Trinajstić information content (AvgIpc) is 3.39. The minimum absolute atomic E-state index is 0.146. The van der Waals surface area contributed by atoms with Crippen molar-refractivity contribution >= 4 is 34.7 Å². The lowest BCUT2D eigenvalue weighted by atomic mass is 10.0. The van der Waals surface area contributed by atoms with Crippen LogP contribution in [0.3, 0.4) is 0 Å². The van der Waals surface area contributed by atoms with E-state index in [0.29, 0.717) is 20.6 Å². The Balaban J connectivity index is 1.96. The van der Waals surface area contributed by atoms with Gasteiger partial charge in [-0.05, 0) is 56.8 Å². The van der Waals surface area contributed by atoms with E-state index in [1.165, 1.54) is 22.7 Å². The predicted molar refractivity (Wildman–Crippen MR) is 120 cm³/mol. The molecule has 0 aliphatic carbocycles. The second-order valence-electron chi connectivity index (χ2n) is 7.20. The Labute approximate surface area is 182 Å². The van der Waals surface area contributed by atoms with Crippen molar-refractivity contribution in [1.29, 1.82) is 0 Å². The first-order valence-electron chi connectivity index (χ1n) is 9.69. The molecule has 0 amide bonds. The molecule has 4 rings (SSSR count). The summed E-state index contributed by atoms with van der Waals surface area (Å²) in [5, 5.41) is 1.94. The maximum absolute atomic E-state index is 13.5. The number of carbonyl (C=O) groups is 1. The van der Waals surface area contributed by atoms with Crippen molar-refractivity contribution in [2.45, 2.75) is 33.7 Å². The molecule has 8 heteroatoms. The molecule has 6 nitrogen and oxygen atoms in total. The van der Waals surface area contributed by atoms with E-state index in [9.17, 15) is 9.59 Å². The van der Waals surface area contributed by atoms with Gasteiger partial charge in [-0.3, -0.25) is 9.36 Å². The van der Waals surface area contributed by atoms with Crippen LogP contribution in [0.2, 0.25) is 0 Å². The summed E-state index contributed by atoms with van der Waals surface area (Å²) in [6.45, 7) is 7.91. The molecule has 1 aliphatic heterocycles. The highest BCUT2D eigenvalue weighted by Gasteiger charge is 2.33. The Bertz CT molecular complexity index is 1340. The Kier molecular flexibility index (Phi) is 5.38. The van der Waals surface area contributed by atoms with Gasteiger partial charge in [-0.25, -0.2) is 9.79 Å². The van der Waals surface area contributed by atoms with Gasteiger partial charge in [0.15, 0.2) is 4.80 Å². The van der Waals surface area contributed by atoms with Crippen molar-refractivity contribution in [1.82, 2.24) is 9.13 Å². The average molecular weight is 442 g/mol. The molecular weight excluding hydrogens is 418 g/mol. The van der Waals surface area contributed by atoms with Gasteiger partial charge in [0.1, 0.15) is 6.04 Å². The van der Waals surface area contributed by atoms with Crippen molar-refractivity contribution in [3.05, 3.63) is 76.4 Å². The number of nitrogens with zero attached hydrogens (tertiary/aromatic N) is 3. The first-order valence-corrected chi connectivity index (χ1v) is 11.4. The Morgan fingerprint density at radius 1 is 1.33 bits per heavy atom. The molecule has 1 aliphatic rings. The van der Waals surface area contributed by atoms with E-state index in [0.717, 1.165) is 21.8 Å². The number of thiazole rings is 1. The third-order valence-electron chi connectivity index (χ3n) is 5.43. The smallest absolute Gasteiger partial charge is 0.338 e. The second-order valence-corrected chi connectivity index (χ2v) is 9.19. The van der Waals surface area contributed by atoms with Crippen LogP contribution in [0.5, 0.6) is 0 Å². The molecule has 156 valence electrons. The fraction of sp³-hybridized carbons (Fsp3) is 0.318. The summed E-state index contributed by atoms with van der Waals surface area (Å²) in [7, 11) is 2.01. The second kappa shape index (κ2) is 7.85. The molecule has 1 atom stereocenters. The lowest BCUT2D eigenvalue weighted by molar-refractivity contribution is -0.139. The van der Waals surface area contributed by atoms with Crippen LogP contribution in [0, 0.1) is 13.8 Å². The van der Waals surface area contributed by atoms with Crippen molar-refractivity contribution in [3.8, 4) is 0 Å². The van der Waals surface area contributed by atoms with E-state index in [4.69, 9.17) is 4.74 Å². The van der Waals surface area contributed by atoms with Crippen LogP contribution in [0.25, 0.3) is 6.08 Å². The highest BCUT2D eigenvalue weighted by Crippen LogP contribution is 2.33.